The van der Waals surface area contributed by atoms with Crippen molar-refractivity contribution >= 4 is 54.3 Å². The molecule has 1 aromatic rings. The molecule has 0 aliphatic carbocycles. The summed E-state index contributed by atoms with van der Waals surface area (Å²) in [5.41, 5.74) is 0.631. The number of amides is 1. The van der Waals surface area contributed by atoms with Gasteiger partial charge in [0.1, 0.15) is 0 Å². The first-order valence-electron chi connectivity index (χ1n) is 7.18. The zero-order valence-electron chi connectivity index (χ0n) is 13.2. The van der Waals surface area contributed by atoms with Crippen molar-refractivity contribution in [3.05, 3.63) is 39.9 Å². The highest BCUT2D eigenvalue weighted by Gasteiger charge is 2.09. The average Bonchev–Trinajstić information content (AvgIpc) is 2.48. The van der Waals surface area contributed by atoms with Gasteiger partial charge in [-0.1, -0.05) is 29.3 Å². The van der Waals surface area contributed by atoms with E-state index < -0.39 is 14.7 Å². The molecule has 134 valence electrons. The maximum atomic E-state index is 11.8. The summed E-state index contributed by atoms with van der Waals surface area (Å²) in [4.78, 5) is 11.8. The number of hydrogen-bond donors (Lipinski definition) is 2. The van der Waals surface area contributed by atoms with Gasteiger partial charge in [-0.15, -0.1) is 0 Å². The van der Waals surface area contributed by atoms with Gasteiger partial charge in [0.15, 0.2) is 5.75 Å². The van der Waals surface area contributed by atoms with Gasteiger partial charge in [0.25, 0.3) is 25.0 Å². The molecule has 0 aliphatic heterocycles. The molecule has 0 spiro atoms. The van der Waals surface area contributed by atoms with E-state index in [1.165, 1.54) is 18.4 Å². The lowest BCUT2D eigenvalue weighted by atomic mass is 10.2. The number of halogens is 2. The Balaban J connectivity index is 2.37. The Morgan fingerprint density at radius 1 is 1.33 bits per heavy atom. The van der Waals surface area contributed by atoms with Crippen molar-refractivity contribution in [1.82, 2.24) is 5.06 Å². The highest BCUT2D eigenvalue weighted by molar-refractivity contribution is 8.36. The maximum Gasteiger partial charge on any atom is 0.293 e. The van der Waals surface area contributed by atoms with Gasteiger partial charge in [-0.3, -0.25) is 14.6 Å². The number of rotatable bonds is 8. The highest BCUT2D eigenvalue weighted by atomic mass is 35.5. The van der Waals surface area contributed by atoms with Gasteiger partial charge in [0.2, 0.25) is 0 Å². The highest BCUT2D eigenvalue weighted by Crippen LogP contribution is 2.22. The molecule has 0 saturated heterocycles. The fourth-order valence-corrected chi connectivity index (χ4v) is 4.13. The molecule has 0 aromatic heterocycles. The molecule has 0 radical (unpaired) electrons. The molecule has 1 amide bonds. The van der Waals surface area contributed by atoms with Gasteiger partial charge in [0.05, 0.1) is 6.26 Å². The summed E-state index contributed by atoms with van der Waals surface area (Å²) in [5, 5.41) is 11.2. The first-order chi connectivity index (χ1) is 11.2. The van der Waals surface area contributed by atoms with Crippen molar-refractivity contribution in [1.29, 1.82) is 0 Å². The molecule has 5 nitrogen and oxygen atoms in total. The average molecular weight is 413 g/mol. The van der Waals surface area contributed by atoms with Gasteiger partial charge in [-0.25, -0.2) is 5.06 Å². The minimum atomic E-state index is -2.76. The van der Waals surface area contributed by atoms with E-state index in [9.17, 15) is 14.2 Å². The third-order valence-electron chi connectivity index (χ3n) is 2.94. The van der Waals surface area contributed by atoms with Crippen molar-refractivity contribution in [2.24, 2.45) is 0 Å². The Labute approximate surface area is 155 Å². The monoisotopic (exact) mass is 412 g/mol. The molecule has 0 aliphatic rings. The molecule has 24 heavy (non-hydrogen) atoms. The minimum Gasteiger partial charge on any atom is -0.286 e. The fourth-order valence-electron chi connectivity index (χ4n) is 1.75. The molecule has 0 saturated carbocycles. The standard InChI is InChI=1S/C15H19Cl2NO4S2/c1-24(21,22)23-10-4-2-3-9-18(20)15(19)8-6-12-5-7-13(16)11-14(12)17/h5-8,11,20H,2-4,9-10H2,1H3/p+1/b8-6+. The quantitative estimate of drug-likeness (QED) is 0.224. The van der Waals surface area contributed by atoms with Crippen LogP contribution in [-0.2, 0) is 23.9 Å². The number of carbonyl (C=O) groups excluding carboxylic acids is 1. The summed E-state index contributed by atoms with van der Waals surface area (Å²) in [5.74, 6) is 0.0301. The Hall–Kier alpha value is -0.700. The fraction of sp³-hybridized carbons (Fsp3) is 0.400. The molecular weight excluding hydrogens is 393 g/mol. The van der Waals surface area contributed by atoms with Crippen LogP contribution in [0.25, 0.3) is 6.08 Å². The number of nitrogens with zero attached hydrogens (tertiary/aromatic N) is 1. The van der Waals surface area contributed by atoms with E-state index >= 15 is 0 Å². The Morgan fingerprint density at radius 3 is 2.67 bits per heavy atom. The van der Waals surface area contributed by atoms with Crippen LogP contribution in [0.15, 0.2) is 24.3 Å². The molecular formula is C15H20Cl2NO4S2+. The number of unbranched alkanes of at least 4 members (excludes halogenated alkanes) is 2. The van der Waals surface area contributed by atoms with E-state index in [0.717, 1.165) is 23.2 Å². The first kappa shape index (κ1) is 21.3. The predicted molar refractivity (Wildman–Crippen MR) is 102 cm³/mol. The van der Waals surface area contributed by atoms with Crippen molar-refractivity contribution in [3.63, 3.8) is 0 Å². The van der Waals surface area contributed by atoms with Crippen LogP contribution in [-0.4, -0.2) is 43.5 Å². The smallest absolute Gasteiger partial charge is 0.286 e. The summed E-state index contributed by atoms with van der Waals surface area (Å²) in [7, 11) is -1.74. The Bertz CT molecular complexity index is 707. The molecule has 2 N–H and O–H groups in total. The summed E-state index contributed by atoms with van der Waals surface area (Å²) in [6, 6.07) is 4.91. The normalized spacial score (nSPS) is 13.7. The Kier molecular flexibility index (Phi) is 9.18. The van der Waals surface area contributed by atoms with Crippen LogP contribution >= 0.6 is 23.2 Å². The topological polar surface area (TPSA) is 77.8 Å². The predicted octanol–water partition coefficient (Wildman–Crippen LogP) is 3.78. The zero-order valence-corrected chi connectivity index (χ0v) is 16.3. The molecule has 9 heteroatoms. The molecule has 1 unspecified atom stereocenters. The molecule has 0 heterocycles. The van der Waals surface area contributed by atoms with E-state index in [-0.39, 0.29) is 6.54 Å². The third kappa shape index (κ3) is 8.96. The molecule has 0 bridgehead atoms. The second kappa shape index (κ2) is 10.3. The SMILES string of the molecule is CS(=O)(O)=[S+]CCCCCN(O)C(=O)/C=C/c1ccc(Cl)cc1Cl. The molecule has 0 fully saturated rings. The van der Waals surface area contributed by atoms with Gasteiger partial charge < -0.3 is 0 Å². The van der Waals surface area contributed by atoms with Crippen LogP contribution in [0.5, 0.6) is 0 Å². The van der Waals surface area contributed by atoms with Crippen LogP contribution in [0.1, 0.15) is 24.8 Å². The van der Waals surface area contributed by atoms with E-state index in [2.05, 4.69) is 0 Å². The van der Waals surface area contributed by atoms with Crippen LogP contribution < -0.4 is 0 Å². The largest absolute Gasteiger partial charge is 0.293 e. The van der Waals surface area contributed by atoms with Crippen LogP contribution in [0, 0.1) is 0 Å². The molecule has 1 atom stereocenters. The van der Waals surface area contributed by atoms with Gasteiger partial charge in [-0.2, -0.15) is 4.21 Å². The van der Waals surface area contributed by atoms with Crippen molar-refractivity contribution in [3.8, 4) is 0 Å². The maximum absolute atomic E-state index is 11.8. The van der Waals surface area contributed by atoms with Crippen LogP contribution in [0.2, 0.25) is 10.0 Å². The van der Waals surface area contributed by atoms with Crippen molar-refractivity contribution in [2.45, 2.75) is 19.3 Å². The summed E-state index contributed by atoms with van der Waals surface area (Å²) in [6.45, 7) is 0.197. The summed E-state index contributed by atoms with van der Waals surface area (Å²) < 4.78 is 20.1. The number of benzene rings is 1. The number of carbonyl (C=O) groups is 1. The number of hydroxylamine groups is 2. The zero-order chi connectivity index (χ0) is 18.2. The van der Waals surface area contributed by atoms with Gasteiger partial charge in [0, 0.05) is 29.1 Å². The minimum absolute atomic E-state index is 0.197. The second-order valence-corrected chi connectivity index (χ2v) is 10.6. The van der Waals surface area contributed by atoms with Crippen LogP contribution in [0.3, 0.4) is 0 Å². The van der Waals surface area contributed by atoms with E-state index in [1.807, 2.05) is 0 Å². The van der Waals surface area contributed by atoms with Crippen molar-refractivity contribution in [2.75, 3.05) is 18.6 Å². The van der Waals surface area contributed by atoms with E-state index in [1.54, 1.807) is 18.2 Å². The van der Waals surface area contributed by atoms with Crippen LogP contribution in [0.4, 0.5) is 0 Å². The summed E-state index contributed by atoms with van der Waals surface area (Å²) in [6.07, 6.45) is 6.14. The lowest BCUT2D eigenvalue weighted by Crippen LogP contribution is -2.26. The lowest BCUT2D eigenvalue weighted by molar-refractivity contribution is -0.159. The lowest BCUT2D eigenvalue weighted by Gasteiger charge is -2.12. The third-order valence-corrected chi connectivity index (χ3v) is 6.21. The van der Waals surface area contributed by atoms with Gasteiger partial charge >= 0.3 is 0 Å². The molecule has 1 aromatic carbocycles. The number of hydrogen-bond acceptors (Lipinski definition) is 3. The van der Waals surface area contributed by atoms with Gasteiger partial charge in [-0.05, 0) is 36.6 Å². The van der Waals surface area contributed by atoms with E-state index in [0.29, 0.717) is 32.8 Å². The summed E-state index contributed by atoms with van der Waals surface area (Å²) >= 11 is 11.8. The van der Waals surface area contributed by atoms with Crippen molar-refractivity contribution < 1.29 is 18.8 Å². The molecule has 1 rings (SSSR count). The first-order valence-corrected chi connectivity index (χ1v) is 11.4. The Morgan fingerprint density at radius 2 is 2.04 bits per heavy atom. The second-order valence-electron chi connectivity index (χ2n) is 5.08. The van der Waals surface area contributed by atoms with E-state index in [4.69, 9.17) is 27.8 Å².